The quantitative estimate of drug-likeness (QED) is 0.382. The van der Waals surface area contributed by atoms with Crippen LogP contribution >= 0.6 is 0 Å². The third-order valence-corrected chi connectivity index (χ3v) is 9.32. The minimum atomic E-state index is -4.85. The number of halogens is 4. The molecule has 2 N–H and O–H groups in total. The van der Waals surface area contributed by atoms with Gasteiger partial charge in [0.15, 0.2) is 0 Å². The van der Waals surface area contributed by atoms with E-state index in [0.29, 0.717) is 44.7 Å². The van der Waals surface area contributed by atoms with Gasteiger partial charge in [0.25, 0.3) is 5.56 Å². The maximum Gasteiger partial charge on any atom is 0.416 e. The number of alkyl halides is 3. The summed E-state index contributed by atoms with van der Waals surface area (Å²) >= 11 is 0. The van der Waals surface area contributed by atoms with Gasteiger partial charge in [-0.2, -0.15) is 13.2 Å². The van der Waals surface area contributed by atoms with Gasteiger partial charge >= 0.3 is 11.9 Å². The second-order valence-electron chi connectivity index (χ2n) is 12.0. The van der Waals surface area contributed by atoms with E-state index in [2.05, 4.69) is 9.80 Å². The van der Waals surface area contributed by atoms with Crippen LogP contribution in [-0.4, -0.2) is 71.4 Å². The molecule has 2 saturated heterocycles. The third-order valence-electron chi connectivity index (χ3n) is 9.32. The van der Waals surface area contributed by atoms with E-state index in [4.69, 9.17) is 15.2 Å². The van der Waals surface area contributed by atoms with Crippen molar-refractivity contribution in [3.63, 3.8) is 0 Å². The van der Waals surface area contributed by atoms with Gasteiger partial charge in [-0.25, -0.2) is 9.18 Å². The second kappa shape index (κ2) is 12.8. The minimum Gasteiger partial charge on any atom is -0.379 e. The maximum absolute atomic E-state index is 15.0. The topological polar surface area (TPSA) is 95.0 Å². The Balaban J connectivity index is 1.37. The van der Waals surface area contributed by atoms with E-state index < -0.39 is 52.6 Å². The fraction of sp³-hybridized carbons (Fsp3) is 0.500. The lowest BCUT2D eigenvalue weighted by Gasteiger charge is -2.39. The van der Waals surface area contributed by atoms with Gasteiger partial charge in [0.1, 0.15) is 11.4 Å². The zero-order valence-corrected chi connectivity index (χ0v) is 24.9. The lowest BCUT2D eigenvalue weighted by molar-refractivity contribution is -0.138. The fourth-order valence-electron chi connectivity index (χ4n) is 6.74. The van der Waals surface area contributed by atoms with Crippen molar-refractivity contribution in [3.8, 4) is 0 Å². The number of aromatic nitrogens is 2. The summed E-state index contributed by atoms with van der Waals surface area (Å²) in [5.41, 5.74) is 3.26. The van der Waals surface area contributed by atoms with Gasteiger partial charge in [0.05, 0.1) is 49.7 Å². The van der Waals surface area contributed by atoms with Crippen LogP contribution in [0.5, 0.6) is 0 Å². The molecule has 0 saturated carbocycles. The Kier molecular flexibility index (Phi) is 8.99. The van der Waals surface area contributed by atoms with E-state index in [0.717, 1.165) is 53.5 Å². The number of fused-ring (bicyclic) bond motifs is 2. The van der Waals surface area contributed by atoms with Crippen LogP contribution < -0.4 is 17.0 Å². The number of benzene rings is 2. The third kappa shape index (κ3) is 6.36. The molecule has 4 heterocycles. The molecule has 1 aromatic heterocycles. The highest BCUT2D eigenvalue weighted by Gasteiger charge is 2.47. The number of nitrogens with zero attached hydrogens (tertiary/aromatic N) is 4. The number of nitrogens with two attached hydrogens (primary N) is 1. The molecule has 3 aliphatic rings. The fourth-order valence-corrected chi connectivity index (χ4v) is 6.74. The number of hydrogen-bond acceptors (Lipinski definition) is 7. The van der Waals surface area contributed by atoms with Gasteiger partial charge in [-0.3, -0.25) is 18.8 Å². The van der Waals surface area contributed by atoms with Crippen molar-refractivity contribution in [1.29, 1.82) is 0 Å². The zero-order valence-electron chi connectivity index (χ0n) is 24.9. The first-order valence-corrected chi connectivity index (χ1v) is 15.3. The molecule has 0 radical (unpaired) electrons. The van der Waals surface area contributed by atoms with Crippen LogP contribution in [0.2, 0.25) is 0 Å². The first kappa shape index (κ1) is 31.6. The molecule has 242 valence electrons. The van der Waals surface area contributed by atoms with Crippen LogP contribution in [0.3, 0.4) is 0 Å². The number of hydrogen-bond donors (Lipinski definition) is 1. The Hall–Kier alpha value is -3.36. The average Bonchev–Trinajstić information content (AvgIpc) is 3.40. The Morgan fingerprint density at radius 2 is 1.56 bits per heavy atom. The summed E-state index contributed by atoms with van der Waals surface area (Å²) in [6.45, 7) is 5.13. The summed E-state index contributed by atoms with van der Waals surface area (Å²) in [5, 5.41) is 0. The highest BCUT2D eigenvalue weighted by atomic mass is 19.4. The smallest absolute Gasteiger partial charge is 0.379 e. The summed E-state index contributed by atoms with van der Waals surface area (Å²) in [7, 11) is 0. The van der Waals surface area contributed by atoms with Gasteiger partial charge in [0, 0.05) is 50.9 Å². The Morgan fingerprint density at radius 3 is 2.22 bits per heavy atom. The molecule has 0 bridgehead atoms. The molecule has 0 amide bonds. The number of ether oxygens (including phenoxy) is 2. The van der Waals surface area contributed by atoms with E-state index >= 15 is 4.39 Å². The molecule has 6 rings (SSSR count). The van der Waals surface area contributed by atoms with E-state index in [1.165, 1.54) is 0 Å². The standard InChI is InChI=1S/C32H37F4N5O4/c33-25-8-4-7-24(32(34,35)36)23(25)19-40-27-21-45-31(9-11-38(12-10-31)13-14-39-15-17-44-18-16-39)28(27)29(42)41(30(40)43)20-26(37)22-5-2-1-3-6-22/h1-8,26H,9-21,37H2. The van der Waals surface area contributed by atoms with E-state index in [1.54, 1.807) is 24.3 Å². The Labute approximate surface area is 257 Å². The van der Waals surface area contributed by atoms with Crippen LogP contribution in [0, 0.1) is 5.82 Å². The first-order valence-electron chi connectivity index (χ1n) is 15.3. The van der Waals surface area contributed by atoms with Crippen molar-refractivity contribution in [1.82, 2.24) is 18.9 Å². The number of likely N-dealkylation sites (tertiary alicyclic amines) is 1. The summed E-state index contributed by atoms with van der Waals surface area (Å²) < 4.78 is 70.6. The van der Waals surface area contributed by atoms with Gasteiger partial charge in [-0.1, -0.05) is 36.4 Å². The molecule has 2 aromatic carbocycles. The van der Waals surface area contributed by atoms with Crippen LogP contribution in [0.15, 0.2) is 58.1 Å². The SMILES string of the molecule is NC(Cn1c(=O)c2c(n(Cc3c(F)cccc3C(F)(F)F)c1=O)COC21CCN(CCN2CCOCC2)CC1)c1ccccc1. The van der Waals surface area contributed by atoms with Crippen LogP contribution in [0.25, 0.3) is 0 Å². The van der Waals surface area contributed by atoms with E-state index in [9.17, 15) is 22.8 Å². The monoisotopic (exact) mass is 631 g/mol. The van der Waals surface area contributed by atoms with Crippen LogP contribution in [0.4, 0.5) is 17.6 Å². The van der Waals surface area contributed by atoms with Crippen molar-refractivity contribution < 1.29 is 27.0 Å². The highest BCUT2D eigenvalue weighted by Crippen LogP contribution is 2.42. The number of piperidine rings is 1. The molecule has 9 nitrogen and oxygen atoms in total. The van der Waals surface area contributed by atoms with Crippen molar-refractivity contribution in [3.05, 3.63) is 103 Å². The van der Waals surface area contributed by atoms with E-state index in [-0.39, 0.29) is 24.4 Å². The zero-order chi connectivity index (χ0) is 31.8. The van der Waals surface area contributed by atoms with E-state index in [1.807, 2.05) is 6.07 Å². The van der Waals surface area contributed by atoms with Crippen molar-refractivity contribution in [2.75, 3.05) is 52.5 Å². The van der Waals surface area contributed by atoms with Crippen LogP contribution in [-0.2, 0) is 40.9 Å². The molecule has 2 fully saturated rings. The molecule has 1 atom stereocenters. The summed E-state index contributed by atoms with van der Waals surface area (Å²) in [6, 6.07) is 10.9. The predicted molar refractivity (Wildman–Crippen MR) is 158 cm³/mol. The molecule has 13 heteroatoms. The average molecular weight is 632 g/mol. The summed E-state index contributed by atoms with van der Waals surface area (Å²) in [4.78, 5) is 32.8. The van der Waals surface area contributed by atoms with Crippen molar-refractivity contribution >= 4 is 0 Å². The minimum absolute atomic E-state index is 0.144. The molecule has 1 unspecified atom stereocenters. The summed E-state index contributed by atoms with van der Waals surface area (Å²) in [5.74, 6) is -1.09. The highest BCUT2D eigenvalue weighted by molar-refractivity contribution is 5.35. The van der Waals surface area contributed by atoms with Gasteiger partial charge in [0.2, 0.25) is 0 Å². The van der Waals surface area contributed by atoms with Gasteiger partial charge in [-0.15, -0.1) is 0 Å². The maximum atomic E-state index is 15.0. The molecule has 1 spiro atoms. The number of morpholine rings is 1. The van der Waals surface area contributed by atoms with Crippen LogP contribution in [0.1, 0.15) is 46.8 Å². The van der Waals surface area contributed by atoms with Crippen molar-refractivity contribution in [2.45, 2.75) is 50.4 Å². The lowest BCUT2D eigenvalue weighted by atomic mass is 9.85. The Bertz CT molecular complexity index is 1630. The Morgan fingerprint density at radius 1 is 0.889 bits per heavy atom. The number of rotatable bonds is 8. The molecular formula is C32H37F4N5O4. The van der Waals surface area contributed by atoms with Gasteiger partial charge in [-0.05, 0) is 30.5 Å². The van der Waals surface area contributed by atoms with Crippen molar-refractivity contribution in [2.24, 2.45) is 5.73 Å². The molecule has 3 aliphatic heterocycles. The summed E-state index contributed by atoms with van der Waals surface area (Å²) in [6.07, 6.45) is -3.91. The normalized spacial score (nSPS) is 19.6. The molecule has 3 aromatic rings. The second-order valence-corrected chi connectivity index (χ2v) is 12.0. The predicted octanol–water partition coefficient (Wildman–Crippen LogP) is 3.07. The molecular weight excluding hydrogens is 594 g/mol. The largest absolute Gasteiger partial charge is 0.416 e. The molecule has 45 heavy (non-hydrogen) atoms. The van der Waals surface area contributed by atoms with Gasteiger partial charge < -0.3 is 20.1 Å². The lowest BCUT2D eigenvalue weighted by Crippen LogP contribution is -2.50. The molecule has 0 aliphatic carbocycles. The first-order chi connectivity index (χ1) is 21.6.